The number of nitrogens with two attached hydrogens (primary N) is 1. The number of hydrogen-bond donors (Lipinski definition) is 1. The lowest BCUT2D eigenvalue weighted by atomic mass is 10.5. The topological polar surface area (TPSA) is 48.1 Å². The lowest BCUT2D eigenvalue weighted by Gasteiger charge is -1.98. The second-order valence-corrected chi connectivity index (χ2v) is 1.50. The maximum Gasteiger partial charge on any atom is 0.139 e. The van der Waals surface area contributed by atoms with E-state index in [1.807, 2.05) is 0 Å². The molecule has 1 aromatic rings. The van der Waals surface area contributed by atoms with Crippen molar-refractivity contribution in [1.29, 1.82) is 0 Å². The lowest BCUT2D eigenvalue weighted by molar-refractivity contribution is 0.328. The van der Waals surface area contributed by atoms with E-state index in [2.05, 4.69) is 4.98 Å². The number of nitrogens with zero attached hydrogens (tertiary/aromatic N) is 1. The Hall–Kier alpha value is -1.09. The van der Waals surface area contributed by atoms with Gasteiger partial charge in [0.1, 0.15) is 12.5 Å². The Kier molecular flexibility index (Phi) is 2.04. The van der Waals surface area contributed by atoms with Crippen LogP contribution in [0.3, 0.4) is 0 Å². The van der Waals surface area contributed by atoms with Gasteiger partial charge in [0.2, 0.25) is 0 Å². The van der Waals surface area contributed by atoms with Crippen LogP contribution in [0.1, 0.15) is 0 Å². The molecule has 0 saturated heterocycles. The molecule has 0 radical (unpaired) electrons. The van der Waals surface area contributed by atoms with Crippen molar-refractivity contribution in [3.05, 3.63) is 24.5 Å². The molecule has 0 spiro atoms. The summed E-state index contributed by atoms with van der Waals surface area (Å²) in [5.74, 6) is 0.708. The van der Waals surface area contributed by atoms with Gasteiger partial charge in [-0.3, -0.25) is 10.7 Å². The van der Waals surface area contributed by atoms with Crippen molar-refractivity contribution in [3.8, 4) is 5.75 Å². The van der Waals surface area contributed by atoms with Crippen molar-refractivity contribution in [2.24, 2.45) is 5.73 Å². The van der Waals surface area contributed by atoms with Crippen LogP contribution in [0, 0.1) is 0 Å². The van der Waals surface area contributed by atoms with E-state index in [0.29, 0.717) is 5.75 Å². The minimum absolute atomic E-state index is 0.200. The Morgan fingerprint density at radius 1 is 1.67 bits per heavy atom. The number of aromatic nitrogens is 1. The highest BCUT2D eigenvalue weighted by atomic mass is 16.5. The Labute approximate surface area is 53.5 Å². The molecule has 0 aliphatic heterocycles. The third-order valence-electron chi connectivity index (χ3n) is 0.884. The molecule has 0 atom stereocenters. The van der Waals surface area contributed by atoms with Crippen LogP contribution < -0.4 is 10.5 Å². The van der Waals surface area contributed by atoms with E-state index >= 15 is 0 Å². The molecule has 0 fully saturated rings. The predicted octanol–water partition coefficient (Wildman–Crippen LogP) is 0.377. The predicted molar refractivity (Wildman–Crippen MR) is 33.9 cm³/mol. The van der Waals surface area contributed by atoms with Gasteiger partial charge < -0.3 is 4.74 Å². The molecule has 48 valence electrons. The molecule has 0 saturated carbocycles. The van der Waals surface area contributed by atoms with Gasteiger partial charge in [-0.15, -0.1) is 0 Å². The zero-order valence-corrected chi connectivity index (χ0v) is 4.95. The summed E-state index contributed by atoms with van der Waals surface area (Å²) in [6, 6.07) is 3.60. The zero-order valence-electron chi connectivity index (χ0n) is 4.95. The van der Waals surface area contributed by atoms with Crippen molar-refractivity contribution in [3.63, 3.8) is 0 Å². The van der Waals surface area contributed by atoms with Crippen LogP contribution in [-0.4, -0.2) is 11.7 Å². The van der Waals surface area contributed by atoms with Gasteiger partial charge in [-0.05, 0) is 12.1 Å². The molecule has 0 aromatic carbocycles. The first-order valence-electron chi connectivity index (χ1n) is 2.66. The molecule has 1 heterocycles. The Bertz CT molecular complexity index is 164. The van der Waals surface area contributed by atoms with Gasteiger partial charge >= 0.3 is 0 Å². The van der Waals surface area contributed by atoms with Crippen LogP contribution in [0.5, 0.6) is 5.75 Å². The maximum absolute atomic E-state index is 5.11. The van der Waals surface area contributed by atoms with E-state index in [1.54, 1.807) is 24.5 Å². The highest BCUT2D eigenvalue weighted by Gasteiger charge is 1.85. The van der Waals surface area contributed by atoms with E-state index < -0.39 is 0 Å². The largest absolute Gasteiger partial charge is 0.477 e. The van der Waals surface area contributed by atoms with Crippen LogP contribution in [0.2, 0.25) is 0 Å². The van der Waals surface area contributed by atoms with E-state index in [4.69, 9.17) is 10.5 Å². The Morgan fingerprint density at radius 3 is 3.11 bits per heavy atom. The summed E-state index contributed by atoms with van der Waals surface area (Å²) >= 11 is 0. The van der Waals surface area contributed by atoms with Gasteiger partial charge in [-0.1, -0.05) is 0 Å². The molecule has 9 heavy (non-hydrogen) atoms. The highest BCUT2D eigenvalue weighted by molar-refractivity contribution is 5.14. The van der Waals surface area contributed by atoms with Gasteiger partial charge in [0.05, 0.1) is 6.20 Å². The van der Waals surface area contributed by atoms with Crippen molar-refractivity contribution in [1.82, 2.24) is 4.98 Å². The average Bonchev–Trinajstić information content (AvgIpc) is 1.91. The fourth-order valence-corrected chi connectivity index (χ4v) is 0.529. The molecule has 0 bridgehead atoms. The van der Waals surface area contributed by atoms with Gasteiger partial charge in [-0.25, -0.2) is 0 Å². The summed E-state index contributed by atoms with van der Waals surface area (Å²) in [5, 5.41) is 0. The first-order valence-corrected chi connectivity index (χ1v) is 2.66. The van der Waals surface area contributed by atoms with Crippen LogP contribution in [0.15, 0.2) is 24.5 Å². The van der Waals surface area contributed by atoms with E-state index in [0.717, 1.165) is 0 Å². The number of hydrogen-bond acceptors (Lipinski definition) is 3. The molecule has 2 N–H and O–H groups in total. The molecule has 0 aliphatic rings. The summed E-state index contributed by atoms with van der Waals surface area (Å²) in [7, 11) is 0. The second kappa shape index (κ2) is 3.04. The summed E-state index contributed by atoms with van der Waals surface area (Å²) in [6.07, 6.45) is 3.30. The molecule has 3 nitrogen and oxygen atoms in total. The minimum Gasteiger partial charge on any atom is -0.477 e. The van der Waals surface area contributed by atoms with Crippen LogP contribution in [0.25, 0.3) is 0 Å². The summed E-state index contributed by atoms with van der Waals surface area (Å²) in [6.45, 7) is 0.200. The van der Waals surface area contributed by atoms with Crippen molar-refractivity contribution < 1.29 is 4.74 Å². The first kappa shape index (κ1) is 6.04. The highest BCUT2D eigenvalue weighted by Crippen LogP contribution is 2.03. The molecule has 1 rings (SSSR count). The third-order valence-corrected chi connectivity index (χ3v) is 0.884. The molecule has 3 heteroatoms. The second-order valence-electron chi connectivity index (χ2n) is 1.50. The third kappa shape index (κ3) is 1.70. The fourth-order valence-electron chi connectivity index (χ4n) is 0.529. The zero-order chi connectivity index (χ0) is 6.53. The lowest BCUT2D eigenvalue weighted by Crippen LogP contribution is -2.07. The van der Waals surface area contributed by atoms with Gasteiger partial charge in [0.25, 0.3) is 0 Å². The van der Waals surface area contributed by atoms with Crippen LogP contribution in [-0.2, 0) is 0 Å². The van der Waals surface area contributed by atoms with E-state index in [1.165, 1.54) is 0 Å². The maximum atomic E-state index is 5.11. The summed E-state index contributed by atoms with van der Waals surface area (Å²) in [4.78, 5) is 3.82. The molecular formula is C6H8N2O. The van der Waals surface area contributed by atoms with Crippen molar-refractivity contribution >= 4 is 0 Å². The van der Waals surface area contributed by atoms with Gasteiger partial charge in [0.15, 0.2) is 0 Å². The molecule has 0 unspecified atom stereocenters. The fraction of sp³-hybridized carbons (Fsp3) is 0.167. The monoisotopic (exact) mass is 124 g/mol. The normalized spacial score (nSPS) is 9.00. The SMILES string of the molecule is NCOc1cccnc1. The molecule has 0 aliphatic carbocycles. The smallest absolute Gasteiger partial charge is 0.139 e. The average molecular weight is 124 g/mol. The van der Waals surface area contributed by atoms with Gasteiger partial charge in [-0.2, -0.15) is 0 Å². The number of ether oxygens (including phenoxy) is 1. The summed E-state index contributed by atoms with van der Waals surface area (Å²) < 4.78 is 4.92. The summed E-state index contributed by atoms with van der Waals surface area (Å²) in [5.41, 5.74) is 5.11. The molecule has 1 aromatic heterocycles. The molecule has 0 amide bonds. The van der Waals surface area contributed by atoms with Crippen LogP contribution in [0.4, 0.5) is 0 Å². The van der Waals surface area contributed by atoms with Gasteiger partial charge in [0, 0.05) is 6.20 Å². The van der Waals surface area contributed by atoms with Crippen molar-refractivity contribution in [2.75, 3.05) is 6.73 Å². The quantitative estimate of drug-likeness (QED) is 0.580. The number of rotatable bonds is 2. The minimum atomic E-state index is 0.200. The van der Waals surface area contributed by atoms with Crippen LogP contribution >= 0.6 is 0 Å². The first-order chi connectivity index (χ1) is 4.43. The standard InChI is InChI=1S/C6H8N2O/c7-5-9-6-2-1-3-8-4-6/h1-4H,5,7H2. The Balaban J connectivity index is 2.61. The number of pyridine rings is 1. The van der Waals surface area contributed by atoms with E-state index in [-0.39, 0.29) is 6.73 Å². The van der Waals surface area contributed by atoms with Crippen molar-refractivity contribution in [2.45, 2.75) is 0 Å². The van der Waals surface area contributed by atoms with E-state index in [9.17, 15) is 0 Å². The Morgan fingerprint density at radius 2 is 2.56 bits per heavy atom. The molecular weight excluding hydrogens is 116 g/mol.